The molecule has 0 unspecified atom stereocenters. The monoisotopic (exact) mass is 343 g/mol. The fourth-order valence-corrected chi connectivity index (χ4v) is 4.14. The largest absolute Gasteiger partial charge is 0.342 e. The van der Waals surface area contributed by atoms with Gasteiger partial charge in [-0.25, -0.2) is 9.37 Å². The summed E-state index contributed by atoms with van der Waals surface area (Å²) in [5, 5.41) is 0. The van der Waals surface area contributed by atoms with Crippen LogP contribution in [0, 0.1) is 11.7 Å². The number of carbonyl (C=O) groups excluding carboxylic acids is 1. The summed E-state index contributed by atoms with van der Waals surface area (Å²) in [6.07, 6.45) is 5.50. The highest BCUT2D eigenvalue weighted by Crippen LogP contribution is 2.40. The molecule has 1 amide bonds. The fourth-order valence-electron chi connectivity index (χ4n) is 4.14. The van der Waals surface area contributed by atoms with Crippen LogP contribution in [-0.2, 0) is 4.79 Å². The van der Waals surface area contributed by atoms with Crippen molar-refractivity contribution >= 4 is 16.9 Å². The summed E-state index contributed by atoms with van der Waals surface area (Å²) in [5.41, 5.74) is 1.81. The molecule has 1 aromatic carbocycles. The molecule has 5 heteroatoms. The predicted octanol–water partition coefficient (Wildman–Crippen LogP) is 4.26. The number of halogens is 1. The van der Waals surface area contributed by atoms with Crippen molar-refractivity contribution in [2.45, 2.75) is 57.9 Å². The van der Waals surface area contributed by atoms with Crippen LogP contribution >= 0.6 is 0 Å². The minimum atomic E-state index is -0.227. The van der Waals surface area contributed by atoms with Crippen molar-refractivity contribution in [3.63, 3.8) is 0 Å². The van der Waals surface area contributed by atoms with Crippen LogP contribution in [-0.4, -0.2) is 33.4 Å². The van der Waals surface area contributed by atoms with Gasteiger partial charge in [-0.3, -0.25) is 4.79 Å². The molecule has 1 aliphatic heterocycles. The van der Waals surface area contributed by atoms with Gasteiger partial charge in [0.25, 0.3) is 0 Å². The molecular weight excluding hydrogens is 317 g/mol. The number of fused-ring (bicyclic) bond motifs is 1. The van der Waals surface area contributed by atoms with Gasteiger partial charge in [0, 0.05) is 37.0 Å². The second kappa shape index (κ2) is 6.43. The molecule has 4 rings (SSSR count). The fraction of sp³-hybridized carbons (Fsp3) is 0.600. The standard InChI is InChI=1S/C20H26FN3O/c1-13(2)20(25)23-10-8-16(9-11-23)24-18-7-6-15(21)12-17(18)22-19(24)14-4-3-5-14/h6-7,12-14,16H,3-5,8-11H2,1-2H3. The van der Waals surface area contributed by atoms with Crippen LogP contribution < -0.4 is 0 Å². The normalized spacial score (nSPS) is 19.6. The summed E-state index contributed by atoms with van der Waals surface area (Å²) in [6.45, 7) is 5.52. The van der Waals surface area contributed by atoms with Crippen LogP contribution in [0.15, 0.2) is 18.2 Å². The van der Waals surface area contributed by atoms with Crippen LogP contribution in [0.2, 0.25) is 0 Å². The summed E-state index contributed by atoms with van der Waals surface area (Å²) in [5.74, 6) is 1.70. The molecule has 0 atom stereocenters. The van der Waals surface area contributed by atoms with Crippen molar-refractivity contribution < 1.29 is 9.18 Å². The van der Waals surface area contributed by atoms with Gasteiger partial charge in [0.1, 0.15) is 11.6 Å². The van der Waals surface area contributed by atoms with Crippen molar-refractivity contribution in [2.24, 2.45) is 5.92 Å². The zero-order valence-electron chi connectivity index (χ0n) is 15.0. The van der Waals surface area contributed by atoms with Gasteiger partial charge in [-0.2, -0.15) is 0 Å². The van der Waals surface area contributed by atoms with E-state index in [2.05, 4.69) is 4.57 Å². The van der Waals surface area contributed by atoms with Crippen molar-refractivity contribution in [3.05, 3.63) is 29.8 Å². The molecule has 4 nitrogen and oxygen atoms in total. The smallest absolute Gasteiger partial charge is 0.225 e. The number of benzene rings is 1. The quantitative estimate of drug-likeness (QED) is 0.835. The lowest BCUT2D eigenvalue weighted by molar-refractivity contribution is -0.135. The molecule has 0 spiro atoms. The van der Waals surface area contributed by atoms with Crippen LogP contribution in [0.25, 0.3) is 11.0 Å². The maximum atomic E-state index is 13.6. The number of nitrogens with zero attached hydrogens (tertiary/aromatic N) is 3. The maximum Gasteiger partial charge on any atom is 0.225 e. The van der Waals surface area contributed by atoms with Crippen LogP contribution in [0.4, 0.5) is 4.39 Å². The zero-order valence-corrected chi connectivity index (χ0v) is 15.0. The highest BCUT2D eigenvalue weighted by atomic mass is 19.1. The molecule has 1 saturated carbocycles. The van der Waals surface area contributed by atoms with Gasteiger partial charge in [0.2, 0.25) is 5.91 Å². The second-order valence-corrected chi connectivity index (χ2v) is 7.81. The molecule has 1 aromatic heterocycles. The van der Waals surface area contributed by atoms with E-state index in [0.29, 0.717) is 12.0 Å². The number of aromatic nitrogens is 2. The highest BCUT2D eigenvalue weighted by Gasteiger charge is 2.31. The van der Waals surface area contributed by atoms with Gasteiger partial charge in [0.05, 0.1) is 11.0 Å². The molecule has 0 radical (unpaired) electrons. The van der Waals surface area contributed by atoms with E-state index in [1.165, 1.54) is 25.3 Å². The summed E-state index contributed by atoms with van der Waals surface area (Å²) in [4.78, 5) is 19.0. The van der Waals surface area contributed by atoms with Crippen LogP contribution in [0.5, 0.6) is 0 Å². The first-order valence-electron chi connectivity index (χ1n) is 9.50. The molecular formula is C20H26FN3O. The molecule has 1 saturated heterocycles. The van der Waals surface area contributed by atoms with E-state index in [4.69, 9.17) is 4.98 Å². The summed E-state index contributed by atoms with van der Waals surface area (Å²) in [6, 6.07) is 5.29. The molecule has 0 N–H and O–H groups in total. The highest BCUT2D eigenvalue weighted by molar-refractivity contribution is 5.78. The molecule has 25 heavy (non-hydrogen) atoms. The Labute approximate surface area is 148 Å². The number of piperidine rings is 1. The molecule has 134 valence electrons. The van der Waals surface area contributed by atoms with Gasteiger partial charge in [-0.15, -0.1) is 0 Å². The van der Waals surface area contributed by atoms with E-state index >= 15 is 0 Å². The first kappa shape index (κ1) is 16.6. The lowest BCUT2D eigenvalue weighted by Gasteiger charge is -2.36. The summed E-state index contributed by atoms with van der Waals surface area (Å²) >= 11 is 0. The third kappa shape index (κ3) is 2.94. The summed E-state index contributed by atoms with van der Waals surface area (Å²) in [7, 11) is 0. The average Bonchev–Trinajstić information content (AvgIpc) is 2.90. The topological polar surface area (TPSA) is 38.1 Å². The maximum absolute atomic E-state index is 13.6. The molecule has 2 aliphatic rings. The van der Waals surface area contributed by atoms with Crippen LogP contribution in [0.1, 0.15) is 63.7 Å². The van der Waals surface area contributed by atoms with Crippen LogP contribution in [0.3, 0.4) is 0 Å². The third-order valence-corrected chi connectivity index (χ3v) is 5.78. The first-order chi connectivity index (χ1) is 12.0. The number of rotatable bonds is 3. The van der Waals surface area contributed by atoms with Gasteiger partial charge < -0.3 is 9.47 Å². The van der Waals surface area contributed by atoms with Crippen molar-refractivity contribution in [3.8, 4) is 0 Å². The third-order valence-electron chi connectivity index (χ3n) is 5.78. The zero-order chi connectivity index (χ0) is 17.6. The molecule has 0 bridgehead atoms. The Hall–Kier alpha value is -1.91. The lowest BCUT2D eigenvalue weighted by atomic mass is 9.84. The van der Waals surface area contributed by atoms with Gasteiger partial charge in [0.15, 0.2) is 0 Å². The Morgan fingerprint density at radius 1 is 1.20 bits per heavy atom. The summed E-state index contributed by atoms with van der Waals surface area (Å²) < 4.78 is 16.0. The molecule has 2 heterocycles. The minimum Gasteiger partial charge on any atom is -0.342 e. The predicted molar refractivity (Wildman–Crippen MR) is 96.0 cm³/mol. The number of amides is 1. The van der Waals surface area contributed by atoms with Crippen molar-refractivity contribution in [1.82, 2.24) is 14.5 Å². The molecule has 1 aliphatic carbocycles. The number of hydrogen-bond donors (Lipinski definition) is 0. The van der Waals surface area contributed by atoms with Gasteiger partial charge >= 0.3 is 0 Å². The van der Waals surface area contributed by atoms with E-state index in [9.17, 15) is 9.18 Å². The van der Waals surface area contributed by atoms with Gasteiger partial charge in [-0.05, 0) is 37.8 Å². The lowest BCUT2D eigenvalue weighted by Crippen LogP contribution is -2.41. The second-order valence-electron chi connectivity index (χ2n) is 7.81. The van der Waals surface area contributed by atoms with Gasteiger partial charge in [-0.1, -0.05) is 20.3 Å². The number of carbonyl (C=O) groups is 1. The Morgan fingerprint density at radius 3 is 2.52 bits per heavy atom. The number of hydrogen-bond acceptors (Lipinski definition) is 2. The van der Waals surface area contributed by atoms with Crippen molar-refractivity contribution in [1.29, 1.82) is 0 Å². The number of likely N-dealkylation sites (tertiary alicyclic amines) is 1. The first-order valence-corrected chi connectivity index (χ1v) is 9.50. The molecule has 2 aromatic rings. The SMILES string of the molecule is CC(C)C(=O)N1CCC(n2c(C3CCC3)nc3cc(F)ccc32)CC1. The van der Waals surface area contributed by atoms with E-state index in [-0.39, 0.29) is 17.6 Å². The van der Waals surface area contributed by atoms with E-state index < -0.39 is 0 Å². The van der Waals surface area contributed by atoms with E-state index in [1.807, 2.05) is 24.8 Å². The van der Waals surface area contributed by atoms with E-state index in [1.54, 1.807) is 6.07 Å². The Morgan fingerprint density at radius 2 is 1.92 bits per heavy atom. The minimum absolute atomic E-state index is 0.0548. The van der Waals surface area contributed by atoms with E-state index in [0.717, 1.165) is 42.8 Å². The average molecular weight is 343 g/mol. The van der Waals surface area contributed by atoms with Crippen molar-refractivity contribution in [2.75, 3.05) is 13.1 Å². The Balaban J connectivity index is 1.63. The Kier molecular flexibility index (Phi) is 4.26. The molecule has 2 fully saturated rings. The number of imidazole rings is 1. The Bertz CT molecular complexity index is 786.